The fourth-order valence-electron chi connectivity index (χ4n) is 2.92. The predicted octanol–water partition coefficient (Wildman–Crippen LogP) is 0.0382. The molecule has 0 aliphatic carbocycles. The Labute approximate surface area is 135 Å². The molecule has 0 aromatic carbocycles. The van der Waals surface area contributed by atoms with Gasteiger partial charge in [-0.1, -0.05) is 20.3 Å². The van der Waals surface area contributed by atoms with Crippen LogP contribution in [0.5, 0.6) is 0 Å². The van der Waals surface area contributed by atoms with E-state index in [-0.39, 0.29) is 5.56 Å². The number of imidazole rings is 1. The molecule has 0 aliphatic rings. The number of unbranched alkanes of at least 4 members (excludes halogenated alkanes) is 1. The lowest BCUT2D eigenvalue weighted by molar-refractivity contribution is -0.913. The van der Waals surface area contributed by atoms with E-state index in [1.165, 1.54) is 22.3 Å². The Balaban J connectivity index is 2.52. The molecule has 0 radical (unpaired) electrons. The van der Waals surface area contributed by atoms with Crippen LogP contribution in [-0.2, 0) is 20.1 Å². The predicted molar refractivity (Wildman–Crippen MR) is 90.9 cm³/mol. The molecule has 7 heteroatoms. The number of nitrogens with one attached hydrogen (secondary N) is 2. The summed E-state index contributed by atoms with van der Waals surface area (Å²) in [7, 11) is 1.65. The van der Waals surface area contributed by atoms with Crippen molar-refractivity contribution in [1.82, 2.24) is 19.1 Å². The molecule has 2 heterocycles. The van der Waals surface area contributed by atoms with Crippen molar-refractivity contribution >= 4 is 11.2 Å². The zero-order valence-electron chi connectivity index (χ0n) is 14.6. The van der Waals surface area contributed by atoms with E-state index in [2.05, 4.69) is 30.7 Å². The van der Waals surface area contributed by atoms with E-state index in [1.54, 1.807) is 7.05 Å². The first kappa shape index (κ1) is 17.5. The third-order valence-electron chi connectivity index (χ3n) is 4.33. The molecular weight excluding hydrogens is 294 g/mol. The van der Waals surface area contributed by atoms with E-state index >= 15 is 0 Å². The number of H-pyrrole nitrogens is 1. The molecule has 0 fully saturated rings. The summed E-state index contributed by atoms with van der Waals surface area (Å²) in [6.45, 7) is 10.1. The molecule has 7 nitrogen and oxygen atoms in total. The van der Waals surface area contributed by atoms with Crippen LogP contribution in [0.15, 0.2) is 9.59 Å². The molecule has 0 saturated carbocycles. The lowest BCUT2D eigenvalue weighted by atomic mass is 10.3. The lowest BCUT2D eigenvalue weighted by Crippen LogP contribution is -3.10. The number of rotatable bonds is 8. The molecule has 2 aromatic heterocycles. The Morgan fingerprint density at radius 3 is 2.52 bits per heavy atom. The van der Waals surface area contributed by atoms with Gasteiger partial charge >= 0.3 is 5.69 Å². The third kappa shape index (κ3) is 3.55. The second kappa shape index (κ2) is 7.59. The quantitative estimate of drug-likeness (QED) is 0.720. The topological polar surface area (TPSA) is 77.1 Å². The minimum absolute atomic E-state index is 0.345. The maximum absolute atomic E-state index is 12.3. The van der Waals surface area contributed by atoms with Crippen LogP contribution in [0.3, 0.4) is 0 Å². The van der Waals surface area contributed by atoms with Crippen LogP contribution in [0.4, 0.5) is 0 Å². The van der Waals surface area contributed by atoms with Crippen molar-refractivity contribution in [2.45, 2.75) is 53.1 Å². The maximum Gasteiger partial charge on any atom is 0.329 e. The summed E-state index contributed by atoms with van der Waals surface area (Å²) in [6, 6.07) is 0. The van der Waals surface area contributed by atoms with Crippen molar-refractivity contribution in [2.24, 2.45) is 7.05 Å². The average molecular weight is 322 g/mol. The van der Waals surface area contributed by atoms with Gasteiger partial charge in [0.05, 0.1) is 13.1 Å². The molecule has 1 atom stereocenters. The van der Waals surface area contributed by atoms with Gasteiger partial charge in [-0.2, -0.15) is 0 Å². The molecule has 2 aromatic rings. The van der Waals surface area contributed by atoms with E-state index in [4.69, 9.17) is 0 Å². The molecule has 2 rings (SSSR count). The maximum atomic E-state index is 12.3. The molecule has 0 saturated heterocycles. The number of quaternary nitrogens is 1. The Morgan fingerprint density at radius 2 is 1.91 bits per heavy atom. The number of hydrogen-bond acceptors (Lipinski definition) is 3. The summed E-state index contributed by atoms with van der Waals surface area (Å²) in [6.07, 6.45) is 3.26. The minimum atomic E-state index is -0.416. The normalized spacial score (nSPS) is 12.9. The second-order valence-electron chi connectivity index (χ2n) is 6.05. The highest BCUT2D eigenvalue weighted by Gasteiger charge is 2.19. The molecule has 23 heavy (non-hydrogen) atoms. The van der Waals surface area contributed by atoms with Gasteiger partial charge in [-0.15, -0.1) is 0 Å². The van der Waals surface area contributed by atoms with Crippen molar-refractivity contribution in [3.63, 3.8) is 0 Å². The van der Waals surface area contributed by atoms with Gasteiger partial charge in [0, 0.05) is 13.6 Å². The second-order valence-corrected chi connectivity index (χ2v) is 6.05. The van der Waals surface area contributed by atoms with Gasteiger partial charge in [0.15, 0.2) is 17.0 Å². The van der Waals surface area contributed by atoms with Crippen LogP contribution in [0.25, 0.3) is 11.2 Å². The summed E-state index contributed by atoms with van der Waals surface area (Å²) in [5, 5.41) is 0. The Hall–Kier alpha value is -1.89. The van der Waals surface area contributed by atoms with E-state index in [9.17, 15) is 9.59 Å². The number of fused-ring (bicyclic) bond motifs is 1. The SMILES string of the molecule is CCCC[NH+](CC)Cc1nc2c(c(=O)[nH]c(=O)n2C)n1CCC. The van der Waals surface area contributed by atoms with Crippen LogP contribution in [0.1, 0.15) is 45.9 Å². The van der Waals surface area contributed by atoms with Crippen LogP contribution in [0, 0.1) is 0 Å². The summed E-state index contributed by atoms with van der Waals surface area (Å²) in [5.74, 6) is 0.890. The number of aryl methyl sites for hydroxylation is 2. The van der Waals surface area contributed by atoms with E-state index in [0.29, 0.717) is 11.2 Å². The van der Waals surface area contributed by atoms with Crippen LogP contribution in [0.2, 0.25) is 0 Å². The number of hydrogen-bond donors (Lipinski definition) is 2. The summed E-state index contributed by atoms with van der Waals surface area (Å²) >= 11 is 0. The number of aromatic amines is 1. The van der Waals surface area contributed by atoms with E-state index in [1.807, 2.05) is 4.57 Å². The highest BCUT2D eigenvalue weighted by Crippen LogP contribution is 2.11. The Kier molecular flexibility index (Phi) is 5.76. The lowest BCUT2D eigenvalue weighted by Gasteiger charge is -2.17. The molecule has 0 spiro atoms. The molecular formula is C16H28N5O2+. The van der Waals surface area contributed by atoms with E-state index < -0.39 is 5.69 Å². The highest BCUT2D eigenvalue weighted by molar-refractivity contribution is 5.70. The average Bonchev–Trinajstić information content (AvgIpc) is 2.88. The van der Waals surface area contributed by atoms with Crippen molar-refractivity contribution in [3.05, 3.63) is 26.7 Å². The van der Waals surface area contributed by atoms with E-state index in [0.717, 1.165) is 38.4 Å². The van der Waals surface area contributed by atoms with Gasteiger partial charge in [0.1, 0.15) is 6.54 Å². The van der Waals surface area contributed by atoms with Crippen LogP contribution >= 0.6 is 0 Å². The first-order chi connectivity index (χ1) is 11.0. The van der Waals surface area contributed by atoms with Crippen molar-refractivity contribution in [3.8, 4) is 0 Å². The monoisotopic (exact) mass is 322 g/mol. The third-order valence-corrected chi connectivity index (χ3v) is 4.33. The summed E-state index contributed by atoms with van der Waals surface area (Å²) < 4.78 is 3.40. The first-order valence-corrected chi connectivity index (χ1v) is 8.55. The number of nitrogens with zero attached hydrogens (tertiary/aromatic N) is 3. The number of aromatic nitrogens is 4. The Bertz CT molecular complexity index is 771. The summed E-state index contributed by atoms with van der Waals surface area (Å²) in [5.41, 5.74) is 0.228. The van der Waals surface area contributed by atoms with Gasteiger partial charge in [-0.05, 0) is 19.8 Å². The summed E-state index contributed by atoms with van der Waals surface area (Å²) in [4.78, 5) is 32.5. The molecule has 2 N–H and O–H groups in total. The van der Waals surface area contributed by atoms with Gasteiger partial charge in [-0.25, -0.2) is 9.78 Å². The van der Waals surface area contributed by atoms with Crippen molar-refractivity contribution < 1.29 is 4.90 Å². The van der Waals surface area contributed by atoms with Crippen molar-refractivity contribution in [2.75, 3.05) is 13.1 Å². The molecule has 1 unspecified atom stereocenters. The molecule has 0 bridgehead atoms. The van der Waals surface area contributed by atoms with Gasteiger partial charge in [0.25, 0.3) is 5.56 Å². The highest BCUT2D eigenvalue weighted by atomic mass is 16.2. The minimum Gasteiger partial charge on any atom is -0.329 e. The van der Waals surface area contributed by atoms with Gasteiger partial charge in [-0.3, -0.25) is 14.3 Å². The Morgan fingerprint density at radius 1 is 1.17 bits per heavy atom. The molecule has 0 aliphatic heterocycles. The van der Waals surface area contributed by atoms with Crippen LogP contribution < -0.4 is 16.1 Å². The fraction of sp³-hybridized carbons (Fsp3) is 0.688. The first-order valence-electron chi connectivity index (χ1n) is 8.55. The van der Waals surface area contributed by atoms with Crippen LogP contribution in [-0.4, -0.2) is 32.2 Å². The molecule has 128 valence electrons. The smallest absolute Gasteiger partial charge is 0.329 e. The zero-order valence-corrected chi connectivity index (χ0v) is 14.6. The van der Waals surface area contributed by atoms with Crippen molar-refractivity contribution in [1.29, 1.82) is 0 Å². The standard InChI is InChI=1S/C16H27N5O2/c1-5-8-10-20(7-3)11-12-17-14-13(21(12)9-6-2)15(22)18-16(23)19(14)4/h5-11H2,1-4H3,(H,18,22,23)/p+1. The van der Waals surface area contributed by atoms with Gasteiger partial charge < -0.3 is 9.47 Å². The largest absolute Gasteiger partial charge is 0.329 e. The molecule has 0 amide bonds. The van der Waals surface area contributed by atoms with Gasteiger partial charge in [0.2, 0.25) is 0 Å². The zero-order chi connectivity index (χ0) is 17.0. The fourth-order valence-corrected chi connectivity index (χ4v) is 2.92.